The molecular weight excluding hydrogens is 558 g/mol. The average Bonchev–Trinajstić information content (AvgIpc) is 3.45. The molecule has 0 spiro atoms. The second kappa shape index (κ2) is 16.2. The molecule has 0 bridgehead atoms. The van der Waals surface area contributed by atoms with Crippen LogP contribution in [0.4, 0.5) is 0 Å². The Balaban J connectivity index is 2.26. The molecule has 3 N–H and O–H groups in total. The summed E-state index contributed by atoms with van der Waals surface area (Å²) in [5, 5.41) is 15.7. The van der Waals surface area contributed by atoms with Crippen LogP contribution in [0, 0.1) is 17.3 Å². The minimum atomic E-state index is -0.742. The van der Waals surface area contributed by atoms with Crippen LogP contribution in [0.2, 0.25) is 0 Å². The van der Waals surface area contributed by atoms with Crippen LogP contribution in [-0.2, 0) is 19.2 Å². The number of rotatable bonds is 12. The fraction of sp³-hybridized carbons (Fsp3) is 0.824. The first-order valence-corrected chi connectivity index (χ1v) is 16.7. The van der Waals surface area contributed by atoms with E-state index in [9.17, 15) is 24.3 Å². The van der Waals surface area contributed by atoms with E-state index in [1.165, 1.54) is 0 Å². The maximum Gasteiger partial charge on any atom is 0.249 e. The van der Waals surface area contributed by atoms with Gasteiger partial charge in [0, 0.05) is 25.2 Å². The smallest absolute Gasteiger partial charge is 0.249 e. The van der Waals surface area contributed by atoms with Gasteiger partial charge >= 0.3 is 0 Å². The third-order valence-electron chi connectivity index (χ3n) is 9.29. The highest BCUT2D eigenvalue weighted by molar-refractivity contribution is 5.97. The van der Waals surface area contributed by atoms with Crippen LogP contribution in [0.5, 0.6) is 0 Å². The molecule has 0 aromatic carbocycles. The van der Waals surface area contributed by atoms with Gasteiger partial charge in [-0.2, -0.15) is 0 Å². The Morgan fingerprint density at radius 2 is 1.48 bits per heavy atom. The van der Waals surface area contributed by atoms with Gasteiger partial charge < -0.3 is 25.5 Å². The molecule has 0 aromatic rings. The van der Waals surface area contributed by atoms with E-state index >= 15 is 0 Å². The zero-order valence-corrected chi connectivity index (χ0v) is 29.3. The van der Waals surface area contributed by atoms with Gasteiger partial charge in [0.2, 0.25) is 23.6 Å². The van der Waals surface area contributed by atoms with E-state index in [1.807, 2.05) is 54.5 Å². The van der Waals surface area contributed by atoms with E-state index in [0.29, 0.717) is 18.5 Å². The second-order valence-electron chi connectivity index (χ2n) is 14.9. The van der Waals surface area contributed by atoms with E-state index in [2.05, 4.69) is 29.4 Å². The normalized spacial score (nSPS) is 22.2. The highest BCUT2D eigenvalue weighted by atomic mass is 16.3. The Morgan fingerprint density at radius 3 is 2.00 bits per heavy atom. The molecule has 2 fully saturated rings. The van der Waals surface area contributed by atoms with E-state index in [4.69, 9.17) is 0 Å². The van der Waals surface area contributed by atoms with E-state index in [-0.39, 0.29) is 60.2 Å². The number of carbonyl (C=O) groups excluding carboxylic acids is 4. The van der Waals surface area contributed by atoms with Crippen LogP contribution in [-0.4, -0.2) is 106 Å². The van der Waals surface area contributed by atoms with Gasteiger partial charge in [0.25, 0.3) is 0 Å². The first-order valence-electron chi connectivity index (χ1n) is 16.7. The topological polar surface area (TPSA) is 122 Å². The molecule has 0 saturated carbocycles. The number of likely N-dealkylation sites (tertiary alicyclic amines) is 2. The van der Waals surface area contributed by atoms with Crippen LogP contribution >= 0.6 is 0 Å². The summed E-state index contributed by atoms with van der Waals surface area (Å²) < 4.78 is 0. The van der Waals surface area contributed by atoms with Crippen molar-refractivity contribution in [3.05, 3.63) is 11.6 Å². The summed E-state index contributed by atoms with van der Waals surface area (Å²) in [5.74, 6) is -0.730. The standard InChI is InChI=1S/C34H61N5O5/c1-21(2)25(20-40)35-30(41)27-16-14-18-39(27)32(43)24(7)19-28(22(3)4)37(11)33(44)29(34(8,9)10)36-31(42)26-15-12-13-17-38(26)23(5)6/h19,21-23,25-29,40H,12-18,20H2,1-11H3,(H,35,41)(H,36,42)/b24-19+/t25-,26-,27+,28?,29-/m1/s1. The fourth-order valence-electron chi connectivity index (χ4n) is 6.38. The molecule has 10 heteroatoms. The lowest BCUT2D eigenvalue weighted by Crippen LogP contribution is -2.60. The van der Waals surface area contributed by atoms with Gasteiger partial charge in [-0.1, -0.05) is 61.0 Å². The lowest BCUT2D eigenvalue weighted by atomic mass is 9.84. The predicted octanol–water partition coefficient (Wildman–Crippen LogP) is 3.33. The number of nitrogens with zero attached hydrogens (tertiary/aromatic N) is 3. The van der Waals surface area contributed by atoms with Crippen molar-refractivity contribution in [2.75, 3.05) is 26.7 Å². The first-order chi connectivity index (χ1) is 20.4. The number of hydrogen-bond acceptors (Lipinski definition) is 6. The molecule has 1 unspecified atom stereocenters. The quantitative estimate of drug-likeness (QED) is 0.288. The lowest BCUT2D eigenvalue weighted by Gasteiger charge is -2.41. The number of carbonyl (C=O) groups is 4. The summed E-state index contributed by atoms with van der Waals surface area (Å²) >= 11 is 0. The summed E-state index contributed by atoms with van der Waals surface area (Å²) in [6.45, 7) is 20.9. The van der Waals surface area contributed by atoms with Crippen molar-refractivity contribution in [1.29, 1.82) is 0 Å². The van der Waals surface area contributed by atoms with Crippen molar-refractivity contribution in [3.63, 3.8) is 0 Å². The summed E-state index contributed by atoms with van der Waals surface area (Å²) in [7, 11) is 1.74. The van der Waals surface area contributed by atoms with Crippen molar-refractivity contribution in [2.24, 2.45) is 17.3 Å². The van der Waals surface area contributed by atoms with Crippen molar-refractivity contribution >= 4 is 23.6 Å². The molecule has 4 amide bonds. The van der Waals surface area contributed by atoms with Crippen LogP contribution in [0.3, 0.4) is 0 Å². The molecule has 10 nitrogen and oxygen atoms in total. The first kappa shape index (κ1) is 37.7. The van der Waals surface area contributed by atoms with Crippen LogP contribution < -0.4 is 10.6 Å². The Bertz CT molecular complexity index is 1030. The van der Waals surface area contributed by atoms with Crippen molar-refractivity contribution in [1.82, 2.24) is 25.3 Å². The molecule has 0 aliphatic carbocycles. The molecule has 2 aliphatic heterocycles. The number of aliphatic hydroxyl groups is 1. The molecule has 252 valence electrons. The maximum atomic E-state index is 14.1. The summed E-state index contributed by atoms with van der Waals surface area (Å²) in [6, 6.07) is -2.13. The molecule has 2 heterocycles. The highest BCUT2D eigenvalue weighted by Gasteiger charge is 2.40. The second-order valence-corrected chi connectivity index (χ2v) is 14.9. The number of likely N-dealkylation sites (N-methyl/N-ethyl adjacent to an activating group) is 1. The van der Waals surface area contributed by atoms with Crippen LogP contribution in [0.25, 0.3) is 0 Å². The molecule has 0 radical (unpaired) electrons. The Morgan fingerprint density at radius 1 is 0.886 bits per heavy atom. The monoisotopic (exact) mass is 619 g/mol. The van der Waals surface area contributed by atoms with Gasteiger partial charge in [-0.3, -0.25) is 24.1 Å². The van der Waals surface area contributed by atoms with Gasteiger partial charge in [0.05, 0.1) is 24.7 Å². The largest absolute Gasteiger partial charge is 0.394 e. The number of nitrogens with one attached hydrogen (secondary N) is 2. The Hall–Kier alpha value is -2.46. The lowest BCUT2D eigenvalue weighted by molar-refractivity contribution is -0.142. The molecule has 2 rings (SSSR count). The third kappa shape index (κ3) is 9.52. The number of aliphatic hydroxyl groups excluding tert-OH is 1. The van der Waals surface area contributed by atoms with E-state index < -0.39 is 23.5 Å². The van der Waals surface area contributed by atoms with Crippen LogP contribution in [0.1, 0.15) is 101 Å². The maximum absolute atomic E-state index is 14.1. The van der Waals surface area contributed by atoms with Gasteiger partial charge in [-0.25, -0.2) is 0 Å². The molecule has 44 heavy (non-hydrogen) atoms. The number of piperidine rings is 1. The highest BCUT2D eigenvalue weighted by Crippen LogP contribution is 2.27. The predicted molar refractivity (Wildman–Crippen MR) is 175 cm³/mol. The van der Waals surface area contributed by atoms with E-state index in [0.717, 1.165) is 32.2 Å². The Labute approximate surface area is 266 Å². The van der Waals surface area contributed by atoms with Crippen LogP contribution in [0.15, 0.2) is 11.6 Å². The minimum Gasteiger partial charge on any atom is -0.394 e. The molecule has 2 aliphatic rings. The van der Waals surface area contributed by atoms with Crippen molar-refractivity contribution in [3.8, 4) is 0 Å². The molecule has 5 atom stereocenters. The number of amides is 4. The minimum absolute atomic E-state index is 0.00757. The average molecular weight is 620 g/mol. The van der Waals surface area contributed by atoms with Gasteiger partial charge in [0.1, 0.15) is 12.1 Å². The molecule has 2 saturated heterocycles. The zero-order valence-electron chi connectivity index (χ0n) is 29.3. The Kier molecular flexibility index (Phi) is 13.9. The number of hydrogen-bond donors (Lipinski definition) is 3. The van der Waals surface area contributed by atoms with Gasteiger partial charge in [-0.15, -0.1) is 0 Å². The summed E-state index contributed by atoms with van der Waals surface area (Å²) in [5.41, 5.74) is -0.0655. The fourth-order valence-corrected chi connectivity index (χ4v) is 6.38. The molecule has 0 aromatic heterocycles. The summed E-state index contributed by atoms with van der Waals surface area (Å²) in [6.07, 6.45) is 5.94. The zero-order chi connectivity index (χ0) is 33.5. The van der Waals surface area contributed by atoms with Gasteiger partial charge in [-0.05, 0) is 70.3 Å². The van der Waals surface area contributed by atoms with Crippen molar-refractivity contribution < 1.29 is 24.3 Å². The molecular formula is C34H61N5O5. The van der Waals surface area contributed by atoms with Crippen molar-refractivity contribution in [2.45, 2.75) is 138 Å². The third-order valence-corrected chi connectivity index (χ3v) is 9.29. The van der Waals surface area contributed by atoms with E-state index in [1.54, 1.807) is 23.8 Å². The summed E-state index contributed by atoms with van der Waals surface area (Å²) in [4.78, 5) is 59.9. The SMILES string of the molecule is C/C(=C\C(C(C)C)N(C)C(=O)[C@@H](NC(=O)[C@H]1CCCCN1C(C)C)C(C)(C)C)C(=O)N1CCC[C@H]1C(=O)N[C@H](CO)C(C)C. The van der Waals surface area contributed by atoms with Gasteiger partial charge in [0.15, 0.2) is 0 Å².